The third-order valence-corrected chi connectivity index (χ3v) is 5.47. The molecule has 3 rings (SSSR count). The molecular weight excluding hydrogens is 512 g/mol. The summed E-state index contributed by atoms with van der Waals surface area (Å²) in [5, 5.41) is 2.51. The molecule has 0 saturated heterocycles. The molecule has 0 unspecified atom stereocenters. The molecular formula is C31H36N2O7. The van der Waals surface area contributed by atoms with Crippen molar-refractivity contribution in [1.29, 1.82) is 0 Å². The van der Waals surface area contributed by atoms with Crippen molar-refractivity contribution < 1.29 is 28.6 Å². The summed E-state index contributed by atoms with van der Waals surface area (Å²) in [7, 11) is 0. The Balaban J connectivity index is 1.82. The van der Waals surface area contributed by atoms with Crippen molar-refractivity contribution in [2.45, 2.75) is 66.7 Å². The van der Waals surface area contributed by atoms with Crippen molar-refractivity contribution in [3.8, 4) is 5.75 Å². The van der Waals surface area contributed by atoms with E-state index in [0.717, 1.165) is 11.1 Å². The summed E-state index contributed by atoms with van der Waals surface area (Å²) in [4.78, 5) is 50.3. The maximum Gasteiger partial charge on any atom is 0.412 e. The van der Waals surface area contributed by atoms with E-state index in [9.17, 15) is 19.2 Å². The van der Waals surface area contributed by atoms with E-state index < -0.39 is 28.6 Å². The highest BCUT2D eigenvalue weighted by Gasteiger charge is 2.24. The van der Waals surface area contributed by atoms with Crippen LogP contribution in [0.4, 0.5) is 10.5 Å². The van der Waals surface area contributed by atoms with Gasteiger partial charge in [0.15, 0.2) is 0 Å². The summed E-state index contributed by atoms with van der Waals surface area (Å²) in [5.41, 5.74) is 0.345. The largest absolute Gasteiger partial charge is 0.459 e. The number of esters is 2. The van der Waals surface area contributed by atoms with Crippen LogP contribution in [0.5, 0.6) is 5.75 Å². The van der Waals surface area contributed by atoms with Gasteiger partial charge in [0.25, 0.3) is 5.56 Å². The van der Waals surface area contributed by atoms with Gasteiger partial charge < -0.3 is 18.8 Å². The first kappa shape index (κ1) is 30.1. The van der Waals surface area contributed by atoms with Crippen molar-refractivity contribution in [3.05, 3.63) is 93.9 Å². The third kappa shape index (κ3) is 9.41. The number of rotatable bonds is 8. The molecule has 0 spiro atoms. The predicted octanol–water partition coefficient (Wildman–Crippen LogP) is 5.48. The van der Waals surface area contributed by atoms with Crippen LogP contribution in [-0.2, 0) is 38.6 Å². The maximum absolute atomic E-state index is 13.1. The first-order valence-corrected chi connectivity index (χ1v) is 12.9. The Morgan fingerprint density at radius 3 is 2.10 bits per heavy atom. The van der Waals surface area contributed by atoms with Crippen molar-refractivity contribution in [2.75, 3.05) is 5.32 Å². The molecule has 0 atom stereocenters. The molecule has 2 aromatic carbocycles. The molecule has 40 heavy (non-hydrogen) atoms. The van der Waals surface area contributed by atoms with Gasteiger partial charge in [0.1, 0.15) is 30.2 Å². The van der Waals surface area contributed by atoms with Gasteiger partial charge in [-0.2, -0.15) is 0 Å². The molecule has 0 saturated carbocycles. The lowest BCUT2D eigenvalue weighted by Gasteiger charge is -2.20. The van der Waals surface area contributed by atoms with Crippen molar-refractivity contribution in [3.63, 3.8) is 0 Å². The quantitative estimate of drug-likeness (QED) is 0.293. The van der Waals surface area contributed by atoms with Crippen LogP contribution in [0.25, 0.3) is 0 Å². The fourth-order valence-corrected chi connectivity index (χ4v) is 3.55. The second-order valence-electron chi connectivity index (χ2n) is 11.4. The summed E-state index contributed by atoms with van der Waals surface area (Å²) in [6.45, 7) is 10.2. The number of hydrogen-bond acceptors (Lipinski definition) is 7. The smallest absolute Gasteiger partial charge is 0.412 e. The van der Waals surface area contributed by atoms with Gasteiger partial charge in [0.05, 0.1) is 5.41 Å². The monoisotopic (exact) mass is 548 g/mol. The zero-order chi connectivity index (χ0) is 29.5. The predicted molar refractivity (Wildman–Crippen MR) is 151 cm³/mol. The second kappa shape index (κ2) is 12.6. The standard InChI is InChI=1S/C31H36N2O7/c1-30(2,3)28(36)39-24-14-12-21(13-15-24)16-23-17-25(32-29(37)38-20-22-10-8-7-9-11-22)27(35)33(18-23)19-26(34)40-31(4,5)6/h7-15,17-18H,16,19-20H2,1-6H3,(H,32,37). The first-order chi connectivity index (χ1) is 18.7. The minimum absolute atomic E-state index is 0.0323. The van der Waals surface area contributed by atoms with E-state index in [1.165, 1.54) is 4.57 Å². The molecule has 9 nitrogen and oxygen atoms in total. The number of amides is 1. The average molecular weight is 549 g/mol. The molecule has 1 N–H and O–H groups in total. The van der Waals surface area contributed by atoms with Crippen LogP contribution in [-0.4, -0.2) is 28.2 Å². The highest BCUT2D eigenvalue weighted by atomic mass is 16.6. The zero-order valence-electron chi connectivity index (χ0n) is 23.8. The fraction of sp³-hybridized carbons (Fsp3) is 0.355. The van der Waals surface area contributed by atoms with Crippen molar-refractivity contribution in [2.24, 2.45) is 5.41 Å². The van der Waals surface area contributed by atoms with Gasteiger partial charge in [0.2, 0.25) is 0 Å². The van der Waals surface area contributed by atoms with Crippen molar-refractivity contribution in [1.82, 2.24) is 4.57 Å². The van der Waals surface area contributed by atoms with Crippen LogP contribution in [0.1, 0.15) is 58.2 Å². The topological polar surface area (TPSA) is 113 Å². The molecule has 0 aliphatic carbocycles. The summed E-state index contributed by atoms with van der Waals surface area (Å²) in [5.74, 6) is -0.513. The molecule has 0 fully saturated rings. The highest BCUT2D eigenvalue weighted by Crippen LogP contribution is 2.21. The average Bonchev–Trinajstić information content (AvgIpc) is 2.85. The normalized spacial score (nSPS) is 11.4. The number of hydrogen-bond donors (Lipinski definition) is 1. The molecule has 0 radical (unpaired) electrons. The van der Waals surface area contributed by atoms with Gasteiger partial charge in [-0.05, 0) is 82.9 Å². The Bertz CT molecular complexity index is 1400. The molecule has 0 aliphatic heterocycles. The lowest BCUT2D eigenvalue weighted by atomic mass is 9.97. The number of nitrogens with one attached hydrogen (secondary N) is 1. The third-order valence-electron chi connectivity index (χ3n) is 5.47. The van der Waals surface area contributed by atoms with E-state index in [0.29, 0.717) is 17.7 Å². The molecule has 1 amide bonds. The molecule has 9 heteroatoms. The van der Waals surface area contributed by atoms with E-state index in [-0.39, 0.29) is 24.8 Å². The Morgan fingerprint density at radius 2 is 1.50 bits per heavy atom. The van der Waals surface area contributed by atoms with Crippen LogP contribution in [0.2, 0.25) is 0 Å². The zero-order valence-corrected chi connectivity index (χ0v) is 23.8. The Morgan fingerprint density at radius 1 is 0.850 bits per heavy atom. The second-order valence-corrected chi connectivity index (χ2v) is 11.4. The Kier molecular flexibility index (Phi) is 9.52. The van der Waals surface area contributed by atoms with E-state index in [1.54, 1.807) is 78.1 Å². The van der Waals surface area contributed by atoms with Gasteiger partial charge in [-0.25, -0.2) is 4.79 Å². The van der Waals surface area contributed by atoms with Crippen LogP contribution in [0, 0.1) is 5.41 Å². The number of carbonyl (C=O) groups is 3. The van der Waals surface area contributed by atoms with Crippen LogP contribution < -0.4 is 15.6 Å². The number of aromatic nitrogens is 1. The number of ether oxygens (including phenoxy) is 3. The highest BCUT2D eigenvalue weighted by molar-refractivity contribution is 5.84. The Hall–Kier alpha value is -4.40. The van der Waals surface area contributed by atoms with Gasteiger partial charge in [-0.3, -0.25) is 19.7 Å². The lowest BCUT2D eigenvalue weighted by Crippen LogP contribution is -2.32. The molecule has 1 heterocycles. The van der Waals surface area contributed by atoms with Crippen molar-refractivity contribution >= 4 is 23.7 Å². The number of pyridine rings is 1. The van der Waals surface area contributed by atoms with E-state index >= 15 is 0 Å². The van der Waals surface area contributed by atoms with E-state index in [1.807, 2.05) is 30.3 Å². The molecule has 0 bridgehead atoms. The SMILES string of the molecule is CC(C)(C)OC(=O)Cn1cc(Cc2ccc(OC(=O)C(C)(C)C)cc2)cc(NC(=O)OCc2ccccc2)c1=O. The van der Waals surface area contributed by atoms with Crippen LogP contribution in [0.15, 0.2) is 71.7 Å². The number of nitrogens with zero attached hydrogens (tertiary/aromatic N) is 1. The van der Waals surface area contributed by atoms with Gasteiger partial charge in [0, 0.05) is 6.20 Å². The number of carbonyl (C=O) groups excluding carboxylic acids is 3. The Labute approximate surface area is 234 Å². The molecule has 212 valence electrons. The minimum Gasteiger partial charge on any atom is -0.459 e. The van der Waals surface area contributed by atoms with Crippen LogP contribution >= 0.6 is 0 Å². The molecule has 0 aliphatic rings. The maximum atomic E-state index is 13.1. The summed E-state index contributed by atoms with van der Waals surface area (Å²) in [6, 6.07) is 17.7. The van der Waals surface area contributed by atoms with Gasteiger partial charge >= 0.3 is 18.0 Å². The molecule has 3 aromatic rings. The lowest BCUT2D eigenvalue weighted by molar-refractivity contribution is -0.155. The minimum atomic E-state index is -0.799. The molecule has 1 aromatic heterocycles. The summed E-state index contributed by atoms with van der Waals surface area (Å²) < 4.78 is 17.3. The van der Waals surface area contributed by atoms with Gasteiger partial charge in [-0.1, -0.05) is 42.5 Å². The fourth-order valence-electron chi connectivity index (χ4n) is 3.55. The van der Waals surface area contributed by atoms with Gasteiger partial charge in [-0.15, -0.1) is 0 Å². The van der Waals surface area contributed by atoms with E-state index in [2.05, 4.69) is 5.32 Å². The summed E-state index contributed by atoms with van der Waals surface area (Å²) in [6.07, 6.45) is 1.13. The number of anilines is 1. The van der Waals surface area contributed by atoms with E-state index in [4.69, 9.17) is 14.2 Å². The first-order valence-electron chi connectivity index (χ1n) is 12.9. The summed E-state index contributed by atoms with van der Waals surface area (Å²) >= 11 is 0. The number of benzene rings is 2. The van der Waals surface area contributed by atoms with Crippen LogP contribution in [0.3, 0.4) is 0 Å².